The summed E-state index contributed by atoms with van der Waals surface area (Å²) in [5.74, 6) is -0.478. The van der Waals surface area contributed by atoms with Gasteiger partial charge in [0.1, 0.15) is 5.60 Å². The summed E-state index contributed by atoms with van der Waals surface area (Å²) >= 11 is 5.65. The molecule has 8 heteroatoms. The molecule has 0 aromatic heterocycles. The van der Waals surface area contributed by atoms with Crippen LogP contribution < -0.4 is 10.6 Å². The second-order valence-electron chi connectivity index (χ2n) is 9.18. The fraction of sp³-hybridized carbons (Fsp3) is 0.370. The minimum atomic E-state index is -0.626. The first-order chi connectivity index (χ1) is 16.7. The van der Waals surface area contributed by atoms with E-state index in [1.807, 2.05) is 81.4 Å². The van der Waals surface area contributed by atoms with E-state index in [-0.39, 0.29) is 19.2 Å². The molecule has 1 amide bonds. The summed E-state index contributed by atoms with van der Waals surface area (Å²) in [7, 11) is 0. The molecule has 2 N–H and O–H groups in total. The van der Waals surface area contributed by atoms with Gasteiger partial charge in [0.15, 0.2) is 5.11 Å². The second-order valence-corrected chi connectivity index (χ2v) is 9.59. The van der Waals surface area contributed by atoms with Gasteiger partial charge in [-0.15, -0.1) is 0 Å². The fourth-order valence-electron chi connectivity index (χ4n) is 3.74. The number of rotatable bonds is 6. The highest BCUT2D eigenvalue weighted by Crippen LogP contribution is 2.23. The van der Waals surface area contributed by atoms with Gasteiger partial charge in [-0.2, -0.15) is 0 Å². The van der Waals surface area contributed by atoms with Gasteiger partial charge in [-0.1, -0.05) is 60.7 Å². The first-order valence-corrected chi connectivity index (χ1v) is 12.1. The number of ether oxygens (including phenoxy) is 2. The monoisotopic (exact) mass is 495 g/mol. The van der Waals surface area contributed by atoms with Gasteiger partial charge in [0, 0.05) is 18.7 Å². The third kappa shape index (κ3) is 7.55. The van der Waals surface area contributed by atoms with Crippen molar-refractivity contribution in [3.8, 4) is 0 Å². The van der Waals surface area contributed by atoms with Crippen molar-refractivity contribution in [1.82, 2.24) is 15.5 Å². The molecule has 0 aliphatic carbocycles. The molecule has 7 nitrogen and oxygen atoms in total. The van der Waals surface area contributed by atoms with Crippen LogP contribution in [-0.2, 0) is 14.3 Å². The van der Waals surface area contributed by atoms with Gasteiger partial charge in [0.2, 0.25) is 0 Å². The van der Waals surface area contributed by atoms with Crippen molar-refractivity contribution >= 4 is 29.4 Å². The number of esters is 1. The van der Waals surface area contributed by atoms with E-state index in [1.165, 1.54) is 4.90 Å². The Hall–Kier alpha value is -3.39. The summed E-state index contributed by atoms with van der Waals surface area (Å²) in [6.07, 6.45) is -0.0522. The normalized spacial score (nSPS) is 13.9. The molecule has 0 radical (unpaired) electrons. The van der Waals surface area contributed by atoms with Gasteiger partial charge < -0.3 is 25.0 Å². The van der Waals surface area contributed by atoms with Crippen molar-refractivity contribution in [2.75, 3.05) is 19.7 Å². The quantitative estimate of drug-likeness (QED) is 0.444. The zero-order valence-corrected chi connectivity index (χ0v) is 21.5. The number of nitrogens with one attached hydrogen (secondary N) is 2. The van der Waals surface area contributed by atoms with E-state index < -0.39 is 17.7 Å². The molecule has 1 aliphatic heterocycles. The third-order valence-electron chi connectivity index (χ3n) is 5.32. The summed E-state index contributed by atoms with van der Waals surface area (Å²) in [5, 5.41) is 6.97. The van der Waals surface area contributed by atoms with Crippen LogP contribution in [0, 0.1) is 0 Å². The molecule has 0 saturated carbocycles. The van der Waals surface area contributed by atoms with E-state index >= 15 is 0 Å². The van der Waals surface area contributed by atoms with Crippen LogP contribution in [0.3, 0.4) is 0 Å². The Balaban J connectivity index is 1.80. The Bertz CT molecular complexity index is 1030. The number of nitrogens with zero attached hydrogens (tertiary/aromatic N) is 1. The highest BCUT2D eigenvalue weighted by atomic mass is 32.1. The van der Waals surface area contributed by atoms with Crippen molar-refractivity contribution in [1.29, 1.82) is 0 Å². The molecule has 1 aliphatic rings. The molecule has 0 spiro atoms. The van der Waals surface area contributed by atoms with Crippen LogP contribution in [0.25, 0.3) is 0 Å². The maximum atomic E-state index is 12.7. The summed E-state index contributed by atoms with van der Waals surface area (Å²) < 4.78 is 10.7. The average Bonchev–Trinajstić information content (AvgIpc) is 2.83. The van der Waals surface area contributed by atoms with Crippen LogP contribution in [0.15, 0.2) is 71.9 Å². The average molecular weight is 496 g/mol. The van der Waals surface area contributed by atoms with Crippen molar-refractivity contribution in [3.05, 3.63) is 83.1 Å². The maximum absolute atomic E-state index is 12.7. The highest BCUT2D eigenvalue weighted by Gasteiger charge is 2.31. The lowest BCUT2D eigenvalue weighted by Gasteiger charge is -2.32. The van der Waals surface area contributed by atoms with E-state index in [0.717, 1.165) is 11.1 Å². The Labute approximate surface area is 212 Å². The summed E-state index contributed by atoms with van der Waals surface area (Å²) in [4.78, 5) is 26.9. The molecular formula is C27H33N3O4S. The lowest BCUT2D eigenvalue weighted by atomic mass is 9.99. The predicted octanol–water partition coefficient (Wildman–Crippen LogP) is 4.70. The smallest absolute Gasteiger partial charge is 0.410 e. The van der Waals surface area contributed by atoms with Crippen molar-refractivity contribution in [2.24, 2.45) is 0 Å². The standard InChI is InChI=1S/C27H33N3O4S/c1-5-33-24(31)21-18-30(26(32)34-27(2,3)4)17-16-22(21)28-25(35)29-23(19-12-8-6-9-13-19)20-14-10-7-11-15-20/h6-15,23H,5,16-18H2,1-4H3,(H2,28,29,35). The molecule has 0 unspecified atom stereocenters. The first kappa shape index (κ1) is 26.2. The number of carbonyl (C=O) groups excluding carboxylic acids is 2. The van der Waals surface area contributed by atoms with Crippen LogP contribution >= 0.6 is 12.2 Å². The molecule has 35 heavy (non-hydrogen) atoms. The highest BCUT2D eigenvalue weighted by molar-refractivity contribution is 7.80. The molecule has 0 fully saturated rings. The van der Waals surface area contributed by atoms with Gasteiger partial charge >= 0.3 is 12.1 Å². The molecule has 3 rings (SSSR count). The van der Waals surface area contributed by atoms with Crippen LogP contribution in [0.2, 0.25) is 0 Å². The molecule has 1 heterocycles. The molecular weight excluding hydrogens is 462 g/mol. The number of thiocarbonyl (C=S) groups is 1. The van der Waals surface area contributed by atoms with E-state index in [1.54, 1.807) is 6.92 Å². The number of carbonyl (C=O) groups is 2. The molecule has 0 saturated heterocycles. The van der Waals surface area contributed by atoms with Crippen molar-refractivity contribution in [3.63, 3.8) is 0 Å². The predicted molar refractivity (Wildman–Crippen MR) is 140 cm³/mol. The van der Waals surface area contributed by atoms with Crippen LogP contribution in [0.5, 0.6) is 0 Å². The first-order valence-electron chi connectivity index (χ1n) is 11.7. The zero-order chi connectivity index (χ0) is 25.4. The molecule has 2 aromatic carbocycles. The largest absolute Gasteiger partial charge is 0.463 e. The Morgan fingerprint density at radius 1 is 1.03 bits per heavy atom. The van der Waals surface area contributed by atoms with Gasteiger partial charge in [-0.05, 0) is 51.0 Å². The van der Waals surface area contributed by atoms with Crippen LogP contribution in [0.1, 0.15) is 51.3 Å². The number of hydrogen-bond acceptors (Lipinski definition) is 5. The van der Waals surface area contributed by atoms with Gasteiger partial charge in [-0.3, -0.25) is 0 Å². The van der Waals surface area contributed by atoms with Crippen LogP contribution in [0.4, 0.5) is 4.79 Å². The van der Waals surface area contributed by atoms with Gasteiger partial charge in [0.25, 0.3) is 0 Å². The lowest BCUT2D eigenvalue weighted by Crippen LogP contribution is -2.46. The van der Waals surface area contributed by atoms with E-state index in [4.69, 9.17) is 21.7 Å². The second kappa shape index (κ2) is 11.8. The summed E-state index contributed by atoms with van der Waals surface area (Å²) in [6, 6.07) is 19.8. The van der Waals surface area contributed by atoms with E-state index in [9.17, 15) is 9.59 Å². The SMILES string of the molecule is CCOC(=O)C1=C(NC(=S)NC(c2ccccc2)c2ccccc2)CCN(C(=O)OC(C)(C)C)C1. The Morgan fingerprint density at radius 2 is 1.60 bits per heavy atom. The van der Waals surface area contributed by atoms with Gasteiger partial charge in [0.05, 0.1) is 24.8 Å². The minimum Gasteiger partial charge on any atom is -0.463 e. The zero-order valence-electron chi connectivity index (χ0n) is 20.7. The number of benzene rings is 2. The van der Waals surface area contributed by atoms with Crippen molar-refractivity contribution < 1.29 is 19.1 Å². The molecule has 186 valence electrons. The van der Waals surface area contributed by atoms with Crippen LogP contribution in [-0.4, -0.2) is 47.4 Å². The molecule has 2 aromatic rings. The summed E-state index contributed by atoms with van der Waals surface area (Å²) in [5.41, 5.74) is 2.49. The van der Waals surface area contributed by atoms with E-state index in [0.29, 0.717) is 29.3 Å². The lowest BCUT2D eigenvalue weighted by molar-refractivity contribution is -0.139. The number of amides is 1. The minimum absolute atomic E-state index is 0.0828. The topological polar surface area (TPSA) is 79.9 Å². The molecule has 0 bridgehead atoms. The summed E-state index contributed by atoms with van der Waals surface area (Å²) in [6.45, 7) is 7.88. The fourth-order valence-corrected chi connectivity index (χ4v) is 3.98. The number of hydrogen-bond donors (Lipinski definition) is 2. The van der Waals surface area contributed by atoms with Crippen molar-refractivity contribution in [2.45, 2.75) is 45.8 Å². The Morgan fingerprint density at radius 3 is 2.11 bits per heavy atom. The van der Waals surface area contributed by atoms with Gasteiger partial charge in [-0.25, -0.2) is 9.59 Å². The maximum Gasteiger partial charge on any atom is 0.410 e. The third-order valence-corrected chi connectivity index (χ3v) is 5.54. The Kier molecular flexibility index (Phi) is 8.87. The van der Waals surface area contributed by atoms with E-state index in [2.05, 4.69) is 10.6 Å². The molecule has 0 atom stereocenters.